The normalized spacial score (nSPS) is 27.9. The highest BCUT2D eigenvalue weighted by Crippen LogP contribution is 2.37. The lowest BCUT2D eigenvalue weighted by Crippen LogP contribution is -2.28. The van der Waals surface area contributed by atoms with Gasteiger partial charge in [0.15, 0.2) is 5.60 Å². The van der Waals surface area contributed by atoms with Crippen molar-refractivity contribution in [1.82, 2.24) is 0 Å². The van der Waals surface area contributed by atoms with E-state index in [0.29, 0.717) is 13.2 Å². The van der Waals surface area contributed by atoms with Gasteiger partial charge in [0.25, 0.3) is 0 Å². The van der Waals surface area contributed by atoms with Crippen LogP contribution in [0.5, 0.6) is 0 Å². The lowest BCUT2D eigenvalue weighted by atomic mass is 9.88. The third kappa shape index (κ3) is 5.91. The summed E-state index contributed by atoms with van der Waals surface area (Å²) in [5, 5.41) is 0. The van der Waals surface area contributed by atoms with Gasteiger partial charge in [-0.2, -0.15) is 0 Å². The maximum atomic E-state index is 12.1. The fourth-order valence-electron chi connectivity index (χ4n) is 3.57. The maximum Gasteiger partial charge on any atom is 0.340 e. The highest BCUT2D eigenvalue weighted by atomic mass is 16.6. The number of epoxide rings is 1. The number of rotatable bonds is 6. The highest BCUT2D eigenvalue weighted by molar-refractivity contribution is 5.82. The van der Waals surface area contributed by atoms with Crippen molar-refractivity contribution < 1.29 is 14.3 Å². The maximum absolute atomic E-state index is 12.1. The minimum absolute atomic E-state index is 0.119. The summed E-state index contributed by atoms with van der Waals surface area (Å²) in [6.45, 7) is 3.12. The van der Waals surface area contributed by atoms with E-state index in [2.05, 4.69) is 0 Å². The fourth-order valence-corrected chi connectivity index (χ4v) is 3.57. The number of hydrogen-bond acceptors (Lipinski definition) is 3. The molecule has 0 spiro atoms. The van der Waals surface area contributed by atoms with E-state index in [1.165, 1.54) is 64.2 Å². The van der Waals surface area contributed by atoms with E-state index < -0.39 is 5.60 Å². The molecule has 0 bridgehead atoms. The zero-order valence-electron chi connectivity index (χ0n) is 14.4. The number of carbonyl (C=O) groups is 1. The number of carbonyl (C=O) groups excluding carboxylic acids is 1. The Hall–Kier alpha value is -0.570. The SMILES string of the molecule is CCCOC(=O)C1(CCC2CCCCCCCCCC2)CO1. The van der Waals surface area contributed by atoms with Crippen molar-refractivity contribution in [3.63, 3.8) is 0 Å². The fraction of sp³-hybridized carbons (Fsp3) is 0.947. The molecule has 22 heavy (non-hydrogen) atoms. The Morgan fingerprint density at radius 2 is 1.59 bits per heavy atom. The van der Waals surface area contributed by atoms with Crippen LogP contribution in [-0.2, 0) is 14.3 Å². The third-order valence-corrected chi connectivity index (χ3v) is 5.23. The van der Waals surface area contributed by atoms with Gasteiger partial charge >= 0.3 is 5.97 Å². The van der Waals surface area contributed by atoms with Crippen LogP contribution >= 0.6 is 0 Å². The topological polar surface area (TPSA) is 38.8 Å². The minimum atomic E-state index is -0.568. The summed E-state index contributed by atoms with van der Waals surface area (Å²) in [6.07, 6.45) is 16.7. The molecule has 1 saturated heterocycles. The Morgan fingerprint density at radius 1 is 1.05 bits per heavy atom. The predicted octanol–water partition coefficient (Wildman–Crippen LogP) is 5.02. The van der Waals surface area contributed by atoms with Gasteiger partial charge < -0.3 is 9.47 Å². The van der Waals surface area contributed by atoms with Gasteiger partial charge in [-0.3, -0.25) is 0 Å². The Morgan fingerprint density at radius 3 is 2.09 bits per heavy atom. The second-order valence-electron chi connectivity index (χ2n) is 7.23. The van der Waals surface area contributed by atoms with Crippen LogP contribution in [0.2, 0.25) is 0 Å². The van der Waals surface area contributed by atoms with Crippen molar-refractivity contribution in [2.75, 3.05) is 13.2 Å². The van der Waals surface area contributed by atoms with E-state index >= 15 is 0 Å². The number of hydrogen-bond donors (Lipinski definition) is 0. The van der Waals surface area contributed by atoms with Gasteiger partial charge in [-0.25, -0.2) is 4.79 Å². The zero-order chi connectivity index (χ0) is 15.7. The molecule has 0 aromatic heterocycles. The van der Waals surface area contributed by atoms with Gasteiger partial charge in [0.2, 0.25) is 0 Å². The standard InChI is InChI=1S/C19H34O3/c1-2-15-21-18(20)19(16-22-19)14-13-17-11-9-7-5-3-4-6-8-10-12-17/h17H,2-16H2,1H3. The lowest BCUT2D eigenvalue weighted by Gasteiger charge is -2.18. The Kier molecular flexibility index (Phi) is 7.71. The largest absolute Gasteiger partial charge is 0.463 e. The summed E-state index contributed by atoms with van der Waals surface area (Å²) < 4.78 is 10.8. The first-order valence-electron chi connectivity index (χ1n) is 9.58. The molecule has 0 radical (unpaired) electrons. The average molecular weight is 310 g/mol. The molecule has 0 aromatic rings. The first kappa shape index (κ1) is 17.8. The Labute approximate surface area is 136 Å². The molecule has 2 aliphatic rings. The van der Waals surface area contributed by atoms with Crippen molar-refractivity contribution in [2.24, 2.45) is 5.92 Å². The third-order valence-electron chi connectivity index (χ3n) is 5.23. The summed E-state index contributed by atoms with van der Waals surface area (Å²) in [6, 6.07) is 0. The molecule has 1 heterocycles. The average Bonchev–Trinajstić information content (AvgIpc) is 3.32. The number of esters is 1. The van der Waals surface area contributed by atoms with E-state index in [1.54, 1.807) is 0 Å². The van der Waals surface area contributed by atoms with Gasteiger partial charge in [-0.05, 0) is 25.2 Å². The van der Waals surface area contributed by atoms with E-state index in [0.717, 1.165) is 25.2 Å². The first-order chi connectivity index (χ1) is 10.8. The van der Waals surface area contributed by atoms with Gasteiger partial charge in [-0.1, -0.05) is 71.1 Å². The van der Waals surface area contributed by atoms with Crippen LogP contribution in [0.25, 0.3) is 0 Å². The summed E-state index contributed by atoms with van der Waals surface area (Å²) in [7, 11) is 0. The molecule has 1 aliphatic heterocycles. The van der Waals surface area contributed by atoms with Crippen molar-refractivity contribution in [2.45, 2.75) is 96.0 Å². The van der Waals surface area contributed by atoms with Crippen molar-refractivity contribution in [3.05, 3.63) is 0 Å². The highest BCUT2D eigenvalue weighted by Gasteiger charge is 2.53. The molecule has 1 saturated carbocycles. The molecule has 1 aliphatic carbocycles. The number of ether oxygens (including phenoxy) is 2. The predicted molar refractivity (Wildman–Crippen MR) is 88.8 cm³/mol. The molecule has 0 amide bonds. The molecule has 2 fully saturated rings. The first-order valence-corrected chi connectivity index (χ1v) is 9.58. The van der Waals surface area contributed by atoms with Crippen LogP contribution in [0, 0.1) is 5.92 Å². The van der Waals surface area contributed by atoms with Crippen LogP contribution in [0.1, 0.15) is 90.4 Å². The van der Waals surface area contributed by atoms with E-state index in [9.17, 15) is 4.79 Å². The van der Waals surface area contributed by atoms with Crippen LogP contribution in [0.4, 0.5) is 0 Å². The Balaban J connectivity index is 1.74. The van der Waals surface area contributed by atoms with E-state index in [-0.39, 0.29) is 5.97 Å². The molecule has 2 rings (SSSR count). The van der Waals surface area contributed by atoms with Crippen molar-refractivity contribution in [1.29, 1.82) is 0 Å². The summed E-state index contributed by atoms with van der Waals surface area (Å²) in [5.41, 5.74) is -0.568. The molecular weight excluding hydrogens is 276 g/mol. The van der Waals surface area contributed by atoms with Crippen LogP contribution in [-0.4, -0.2) is 24.8 Å². The molecule has 1 atom stereocenters. The van der Waals surface area contributed by atoms with Gasteiger partial charge in [0.1, 0.15) is 0 Å². The minimum Gasteiger partial charge on any atom is -0.463 e. The lowest BCUT2D eigenvalue weighted by molar-refractivity contribution is -0.150. The van der Waals surface area contributed by atoms with Crippen molar-refractivity contribution >= 4 is 5.97 Å². The van der Waals surface area contributed by atoms with E-state index in [1.807, 2.05) is 6.92 Å². The molecule has 0 N–H and O–H groups in total. The van der Waals surface area contributed by atoms with Gasteiger partial charge in [-0.15, -0.1) is 0 Å². The molecule has 0 aromatic carbocycles. The summed E-state index contributed by atoms with van der Waals surface area (Å²) in [4.78, 5) is 12.1. The smallest absolute Gasteiger partial charge is 0.340 e. The zero-order valence-corrected chi connectivity index (χ0v) is 14.4. The molecule has 1 unspecified atom stereocenters. The van der Waals surface area contributed by atoms with Crippen LogP contribution < -0.4 is 0 Å². The van der Waals surface area contributed by atoms with E-state index in [4.69, 9.17) is 9.47 Å². The Bertz CT molecular complexity index is 311. The van der Waals surface area contributed by atoms with Crippen LogP contribution in [0.3, 0.4) is 0 Å². The van der Waals surface area contributed by atoms with Gasteiger partial charge in [0.05, 0.1) is 13.2 Å². The monoisotopic (exact) mass is 310 g/mol. The molecule has 3 heteroatoms. The molecular formula is C19H34O3. The van der Waals surface area contributed by atoms with Gasteiger partial charge in [0, 0.05) is 0 Å². The summed E-state index contributed by atoms with van der Waals surface area (Å²) >= 11 is 0. The second-order valence-corrected chi connectivity index (χ2v) is 7.23. The van der Waals surface area contributed by atoms with Crippen LogP contribution in [0.15, 0.2) is 0 Å². The quantitative estimate of drug-likeness (QED) is 0.511. The molecule has 128 valence electrons. The van der Waals surface area contributed by atoms with Crippen molar-refractivity contribution in [3.8, 4) is 0 Å². The second kappa shape index (κ2) is 9.54. The summed E-state index contributed by atoms with van der Waals surface area (Å²) in [5.74, 6) is 0.657. The molecule has 3 nitrogen and oxygen atoms in total.